The van der Waals surface area contributed by atoms with Crippen molar-refractivity contribution in [3.8, 4) is 0 Å². The highest BCUT2D eigenvalue weighted by Gasteiger charge is 2.37. The predicted molar refractivity (Wildman–Crippen MR) is 46.2 cm³/mol. The predicted octanol–water partition coefficient (Wildman–Crippen LogP) is 1.27. The molecule has 1 aliphatic rings. The number of rotatable bonds is 1. The fourth-order valence-corrected chi connectivity index (χ4v) is 2.00. The van der Waals surface area contributed by atoms with Gasteiger partial charge in [0.1, 0.15) is 0 Å². The van der Waals surface area contributed by atoms with E-state index in [1.54, 1.807) is 0 Å². The Bertz CT molecular complexity index is 138. The quantitative estimate of drug-likeness (QED) is 0.602. The minimum absolute atomic E-state index is 0.00343. The van der Waals surface area contributed by atoms with Gasteiger partial charge in [-0.1, -0.05) is 13.8 Å². The lowest BCUT2D eigenvalue weighted by Crippen LogP contribution is -2.51. The third kappa shape index (κ3) is 1.74. The minimum Gasteiger partial charge on any atom is -0.388 e. The lowest BCUT2D eigenvalue weighted by atomic mass is 9.74. The molecule has 2 heteroatoms. The molecule has 1 fully saturated rings. The van der Waals surface area contributed by atoms with Crippen molar-refractivity contribution < 1.29 is 5.11 Å². The molecule has 3 atom stereocenters. The molecule has 0 aliphatic heterocycles. The van der Waals surface area contributed by atoms with Crippen LogP contribution in [-0.2, 0) is 0 Å². The first-order valence-corrected chi connectivity index (χ1v) is 4.56. The van der Waals surface area contributed by atoms with Gasteiger partial charge >= 0.3 is 0 Å². The summed E-state index contributed by atoms with van der Waals surface area (Å²) in [4.78, 5) is 0. The molecule has 3 unspecified atom stereocenters. The van der Waals surface area contributed by atoms with Gasteiger partial charge in [0.25, 0.3) is 0 Å². The van der Waals surface area contributed by atoms with E-state index in [4.69, 9.17) is 5.73 Å². The average molecular weight is 157 g/mol. The molecule has 0 aromatic rings. The van der Waals surface area contributed by atoms with E-state index >= 15 is 0 Å². The van der Waals surface area contributed by atoms with E-state index in [0.717, 1.165) is 19.3 Å². The Morgan fingerprint density at radius 2 is 2.18 bits per heavy atom. The van der Waals surface area contributed by atoms with Crippen LogP contribution >= 0.6 is 0 Å². The summed E-state index contributed by atoms with van der Waals surface area (Å²) < 4.78 is 0. The molecule has 0 heterocycles. The second-order valence-corrected chi connectivity index (χ2v) is 3.95. The Morgan fingerprint density at radius 3 is 2.64 bits per heavy atom. The van der Waals surface area contributed by atoms with E-state index < -0.39 is 5.60 Å². The summed E-state index contributed by atoms with van der Waals surface area (Å²) in [6.45, 7) is 4.20. The number of hydrogen-bond donors (Lipinski definition) is 2. The summed E-state index contributed by atoms with van der Waals surface area (Å²) in [5, 5.41) is 9.99. The van der Waals surface area contributed by atoms with Gasteiger partial charge in [0.15, 0.2) is 0 Å². The van der Waals surface area contributed by atoms with Crippen LogP contribution in [0.2, 0.25) is 0 Å². The Balaban J connectivity index is 2.60. The van der Waals surface area contributed by atoms with Gasteiger partial charge in [0, 0.05) is 6.04 Å². The molecule has 2 nitrogen and oxygen atoms in total. The summed E-state index contributed by atoms with van der Waals surface area (Å²) in [5.41, 5.74) is 5.26. The van der Waals surface area contributed by atoms with Crippen LogP contribution in [0.15, 0.2) is 0 Å². The van der Waals surface area contributed by atoms with Gasteiger partial charge in [-0.25, -0.2) is 0 Å². The van der Waals surface area contributed by atoms with E-state index in [2.05, 4.69) is 6.92 Å². The zero-order valence-electron chi connectivity index (χ0n) is 7.51. The maximum absolute atomic E-state index is 9.99. The number of nitrogens with two attached hydrogens (primary N) is 1. The third-order valence-electron chi connectivity index (χ3n) is 2.97. The Labute approximate surface area is 68.8 Å². The fraction of sp³-hybridized carbons (Fsp3) is 1.00. The highest BCUT2D eigenvalue weighted by Crippen LogP contribution is 2.33. The van der Waals surface area contributed by atoms with E-state index in [9.17, 15) is 5.11 Å². The van der Waals surface area contributed by atoms with Gasteiger partial charge in [-0.15, -0.1) is 0 Å². The van der Waals surface area contributed by atoms with Crippen LogP contribution in [-0.4, -0.2) is 16.7 Å². The molecule has 66 valence electrons. The number of hydrogen-bond acceptors (Lipinski definition) is 2. The summed E-state index contributed by atoms with van der Waals surface area (Å²) in [6.07, 6.45) is 3.82. The third-order valence-corrected chi connectivity index (χ3v) is 2.97. The Morgan fingerprint density at radius 1 is 1.55 bits per heavy atom. The van der Waals surface area contributed by atoms with Crippen LogP contribution in [0.4, 0.5) is 0 Å². The smallest absolute Gasteiger partial charge is 0.0797 e. The maximum Gasteiger partial charge on any atom is 0.0797 e. The summed E-state index contributed by atoms with van der Waals surface area (Å²) in [7, 11) is 0. The molecular formula is C9H19NO. The molecule has 0 aromatic carbocycles. The largest absolute Gasteiger partial charge is 0.388 e. The van der Waals surface area contributed by atoms with Crippen molar-refractivity contribution in [2.45, 2.75) is 51.2 Å². The van der Waals surface area contributed by atoms with Crippen LogP contribution in [0.3, 0.4) is 0 Å². The Kier molecular flexibility index (Phi) is 2.55. The molecule has 1 aliphatic carbocycles. The van der Waals surface area contributed by atoms with Crippen LogP contribution in [0, 0.1) is 5.92 Å². The number of aliphatic hydroxyl groups is 1. The lowest BCUT2D eigenvalue weighted by molar-refractivity contribution is -0.0332. The lowest BCUT2D eigenvalue weighted by Gasteiger charge is -2.40. The molecular weight excluding hydrogens is 138 g/mol. The van der Waals surface area contributed by atoms with Gasteiger partial charge in [0.05, 0.1) is 5.60 Å². The molecule has 0 bridgehead atoms. The van der Waals surface area contributed by atoms with Gasteiger partial charge in [-0.05, 0) is 31.6 Å². The molecule has 11 heavy (non-hydrogen) atoms. The van der Waals surface area contributed by atoms with E-state index in [-0.39, 0.29) is 6.04 Å². The van der Waals surface area contributed by atoms with Gasteiger partial charge < -0.3 is 10.8 Å². The normalized spacial score (nSPS) is 45.8. The van der Waals surface area contributed by atoms with Gasteiger partial charge in [0.2, 0.25) is 0 Å². The van der Waals surface area contributed by atoms with Crippen molar-refractivity contribution in [1.82, 2.24) is 0 Å². The second-order valence-electron chi connectivity index (χ2n) is 3.95. The highest BCUT2D eigenvalue weighted by atomic mass is 16.3. The first-order chi connectivity index (χ1) is 5.08. The van der Waals surface area contributed by atoms with Crippen molar-refractivity contribution in [3.05, 3.63) is 0 Å². The van der Waals surface area contributed by atoms with E-state index in [1.165, 1.54) is 6.42 Å². The summed E-state index contributed by atoms with van der Waals surface area (Å²) in [5.74, 6) is 0.639. The Hall–Kier alpha value is -0.0800. The molecule has 1 saturated carbocycles. The monoisotopic (exact) mass is 157 g/mol. The topological polar surface area (TPSA) is 46.2 Å². The average Bonchev–Trinajstić information content (AvgIpc) is 1.98. The van der Waals surface area contributed by atoms with Crippen LogP contribution in [0.25, 0.3) is 0 Å². The van der Waals surface area contributed by atoms with Crippen LogP contribution < -0.4 is 5.73 Å². The molecule has 0 aromatic heterocycles. The molecule has 0 radical (unpaired) electrons. The zero-order valence-corrected chi connectivity index (χ0v) is 7.51. The maximum atomic E-state index is 9.99. The zero-order chi connectivity index (χ0) is 8.48. The van der Waals surface area contributed by atoms with Crippen molar-refractivity contribution in [2.75, 3.05) is 0 Å². The standard InChI is InChI=1S/C9H19NO/c1-3-9(11)6-7(2)4-5-8(9)10/h7-8,11H,3-6,10H2,1-2H3. The minimum atomic E-state index is -0.572. The van der Waals surface area contributed by atoms with Crippen LogP contribution in [0.5, 0.6) is 0 Å². The van der Waals surface area contributed by atoms with Crippen molar-refractivity contribution in [1.29, 1.82) is 0 Å². The van der Waals surface area contributed by atoms with E-state index in [0.29, 0.717) is 5.92 Å². The molecule has 0 saturated heterocycles. The van der Waals surface area contributed by atoms with Crippen molar-refractivity contribution in [3.63, 3.8) is 0 Å². The van der Waals surface area contributed by atoms with Crippen molar-refractivity contribution >= 4 is 0 Å². The molecule has 1 rings (SSSR count). The first kappa shape index (κ1) is 9.01. The van der Waals surface area contributed by atoms with Crippen molar-refractivity contribution in [2.24, 2.45) is 11.7 Å². The molecule has 3 N–H and O–H groups in total. The molecule has 0 spiro atoms. The fourth-order valence-electron chi connectivity index (χ4n) is 2.00. The van der Waals surface area contributed by atoms with E-state index in [1.807, 2.05) is 6.92 Å². The van der Waals surface area contributed by atoms with Gasteiger partial charge in [-0.2, -0.15) is 0 Å². The SMILES string of the molecule is CCC1(O)CC(C)CCC1N. The van der Waals surface area contributed by atoms with Gasteiger partial charge in [-0.3, -0.25) is 0 Å². The highest BCUT2D eigenvalue weighted by molar-refractivity contribution is 4.93. The summed E-state index contributed by atoms with van der Waals surface area (Å²) >= 11 is 0. The first-order valence-electron chi connectivity index (χ1n) is 4.56. The second kappa shape index (κ2) is 3.11. The molecule has 0 amide bonds. The van der Waals surface area contributed by atoms with Crippen LogP contribution in [0.1, 0.15) is 39.5 Å². The summed E-state index contributed by atoms with van der Waals surface area (Å²) in [6, 6.07) is 0.00343.